The van der Waals surface area contributed by atoms with E-state index in [1.54, 1.807) is 38.4 Å². The quantitative estimate of drug-likeness (QED) is 0.302. The molecule has 0 bridgehead atoms. The van der Waals surface area contributed by atoms with E-state index in [1.807, 2.05) is 13.0 Å². The highest BCUT2D eigenvalue weighted by Gasteiger charge is 2.29. The summed E-state index contributed by atoms with van der Waals surface area (Å²) in [6.45, 7) is 2.41. The molecule has 1 fully saturated rings. The number of carbonyl (C=O) groups excluding carboxylic acids is 1. The van der Waals surface area contributed by atoms with Gasteiger partial charge in [0.05, 0.1) is 20.9 Å². The average Bonchev–Trinajstić information content (AvgIpc) is 3.01. The van der Waals surface area contributed by atoms with E-state index in [4.69, 9.17) is 9.47 Å². The van der Waals surface area contributed by atoms with Crippen molar-refractivity contribution >= 4 is 50.5 Å². The number of amides is 1. The molecule has 2 aromatic rings. The second kappa shape index (κ2) is 9.97. The highest BCUT2D eigenvalue weighted by Crippen LogP contribution is 2.39. The van der Waals surface area contributed by atoms with Crippen molar-refractivity contribution in [2.24, 2.45) is 4.99 Å². The van der Waals surface area contributed by atoms with Crippen molar-refractivity contribution in [3.8, 4) is 11.5 Å². The second-order valence-electron chi connectivity index (χ2n) is 6.46. The van der Waals surface area contributed by atoms with E-state index in [1.165, 1.54) is 28.8 Å². The van der Waals surface area contributed by atoms with E-state index < -0.39 is 4.92 Å². The molecule has 0 radical (unpaired) electrons. The van der Waals surface area contributed by atoms with Gasteiger partial charge in [-0.15, -0.1) is 0 Å². The Morgan fingerprint density at radius 2 is 2.06 bits per heavy atom. The number of nitro groups is 1. The smallest absolute Gasteiger partial charge is 0.269 e. The Balaban J connectivity index is 1.87. The number of thioether (sulfide) groups is 1. The molecule has 162 valence electrons. The lowest BCUT2D eigenvalue weighted by atomic mass is 10.1. The van der Waals surface area contributed by atoms with Crippen LogP contribution in [0.2, 0.25) is 0 Å². The van der Waals surface area contributed by atoms with Gasteiger partial charge in [0.2, 0.25) is 0 Å². The predicted molar refractivity (Wildman–Crippen MR) is 124 cm³/mol. The maximum Gasteiger partial charge on any atom is 0.269 e. The van der Waals surface area contributed by atoms with Gasteiger partial charge in [0.1, 0.15) is 6.61 Å². The van der Waals surface area contributed by atoms with E-state index >= 15 is 0 Å². The van der Waals surface area contributed by atoms with Crippen molar-refractivity contribution in [2.75, 3.05) is 20.7 Å². The number of amidine groups is 1. The standard InChI is InChI=1S/C21H20BrN3O5S/c1-4-29-17-10-14(11-18-20(26)24(3)21(23-2)31-18)9-16(22)19(17)30-12-13-6-5-7-15(8-13)25(27)28/h5-11H,4,12H2,1-3H3/b18-11+,23-21?. The number of aliphatic imine (C=N–C) groups is 1. The summed E-state index contributed by atoms with van der Waals surface area (Å²) >= 11 is 4.82. The highest BCUT2D eigenvalue weighted by atomic mass is 79.9. The van der Waals surface area contributed by atoms with Crippen LogP contribution < -0.4 is 9.47 Å². The van der Waals surface area contributed by atoms with Crippen molar-refractivity contribution in [3.05, 3.63) is 67.0 Å². The Kier molecular flexibility index (Phi) is 7.34. The minimum absolute atomic E-state index is 0.00542. The van der Waals surface area contributed by atoms with E-state index in [9.17, 15) is 14.9 Å². The van der Waals surface area contributed by atoms with Gasteiger partial charge in [0, 0.05) is 26.2 Å². The molecule has 8 nitrogen and oxygen atoms in total. The van der Waals surface area contributed by atoms with Crippen LogP contribution >= 0.6 is 27.7 Å². The molecule has 0 N–H and O–H groups in total. The number of benzene rings is 2. The zero-order valence-electron chi connectivity index (χ0n) is 17.1. The van der Waals surface area contributed by atoms with Crippen LogP contribution in [0.15, 0.2) is 50.8 Å². The first kappa shape index (κ1) is 22.8. The Morgan fingerprint density at radius 1 is 1.29 bits per heavy atom. The molecule has 0 saturated carbocycles. The van der Waals surface area contributed by atoms with E-state index in [0.29, 0.717) is 38.2 Å². The van der Waals surface area contributed by atoms with Gasteiger partial charge >= 0.3 is 0 Å². The molecule has 1 amide bonds. The summed E-state index contributed by atoms with van der Waals surface area (Å²) in [5.41, 5.74) is 1.43. The van der Waals surface area contributed by atoms with E-state index in [0.717, 1.165) is 5.56 Å². The van der Waals surface area contributed by atoms with Gasteiger partial charge in [-0.3, -0.25) is 24.8 Å². The van der Waals surface area contributed by atoms with Gasteiger partial charge in [-0.25, -0.2) is 0 Å². The molecule has 1 saturated heterocycles. The number of carbonyl (C=O) groups is 1. The van der Waals surface area contributed by atoms with Crippen LogP contribution in [0.4, 0.5) is 5.69 Å². The number of nitro benzene ring substituents is 1. The largest absolute Gasteiger partial charge is 0.490 e. The summed E-state index contributed by atoms with van der Waals surface area (Å²) in [7, 11) is 3.33. The summed E-state index contributed by atoms with van der Waals surface area (Å²) in [4.78, 5) is 29.1. The first-order valence-electron chi connectivity index (χ1n) is 9.31. The van der Waals surface area contributed by atoms with Crippen molar-refractivity contribution < 1.29 is 19.2 Å². The summed E-state index contributed by atoms with van der Waals surface area (Å²) in [5.74, 6) is 0.863. The van der Waals surface area contributed by atoms with Crippen molar-refractivity contribution in [1.82, 2.24) is 4.90 Å². The summed E-state index contributed by atoms with van der Waals surface area (Å²) in [6, 6.07) is 9.89. The van der Waals surface area contributed by atoms with Crippen molar-refractivity contribution in [3.63, 3.8) is 0 Å². The van der Waals surface area contributed by atoms with Crippen LogP contribution in [0.25, 0.3) is 6.08 Å². The van der Waals surface area contributed by atoms with Gasteiger partial charge < -0.3 is 9.47 Å². The molecular weight excluding hydrogens is 486 g/mol. The van der Waals surface area contributed by atoms with Gasteiger partial charge in [-0.1, -0.05) is 12.1 Å². The van der Waals surface area contributed by atoms with Gasteiger partial charge in [-0.2, -0.15) is 0 Å². The normalized spacial score (nSPS) is 16.3. The average molecular weight is 506 g/mol. The Morgan fingerprint density at radius 3 is 2.71 bits per heavy atom. The molecule has 0 unspecified atom stereocenters. The number of likely N-dealkylation sites (N-methyl/N-ethyl adjacent to an activating group) is 1. The van der Waals surface area contributed by atoms with Gasteiger partial charge in [0.25, 0.3) is 11.6 Å². The van der Waals surface area contributed by atoms with Crippen molar-refractivity contribution in [2.45, 2.75) is 13.5 Å². The fourth-order valence-corrected chi connectivity index (χ4v) is 4.39. The molecule has 31 heavy (non-hydrogen) atoms. The molecule has 0 atom stereocenters. The maximum absolute atomic E-state index is 12.4. The number of rotatable bonds is 7. The van der Waals surface area contributed by atoms with Gasteiger partial charge in [0.15, 0.2) is 16.7 Å². The third-order valence-electron chi connectivity index (χ3n) is 4.33. The topological polar surface area (TPSA) is 94.3 Å². The maximum atomic E-state index is 12.4. The van der Waals surface area contributed by atoms with E-state index in [2.05, 4.69) is 20.9 Å². The fraction of sp³-hybridized carbons (Fsp3) is 0.238. The first-order valence-corrected chi connectivity index (χ1v) is 10.9. The lowest BCUT2D eigenvalue weighted by Crippen LogP contribution is -2.23. The lowest BCUT2D eigenvalue weighted by Gasteiger charge is -2.15. The van der Waals surface area contributed by atoms with Crippen LogP contribution in [0.3, 0.4) is 0 Å². The highest BCUT2D eigenvalue weighted by molar-refractivity contribution is 9.10. The zero-order valence-corrected chi connectivity index (χ0v) is 19.5. The molecular formula is C21H20BrN3O5S. The molecule has 1 heterocycles. The number of ether oxygens (including phenoxy) is 2. The Labute approximate surface area is 192 Å². The van der Waals surface area contributed by atoms with Crippen molar-refractivity contribution in [1.29, 1.82) is 0 Å². The minimum atomic E-state index is -0.443. The summed E-state index contributed by atoms with van der Waals surface area (Å²) in [5, 5.41) is 11.6. The molecule has 0 spiro atoms. The van der Waals surface area contributed by atoms with Crippen LogP contribution in [0.1, 0.15) is 18.1 Å². The summed E-state index contributed by atoms with van der Waals surface area (Å²) < 4.78 is 12.3. The molecule has 1 aliphatic rings. The molecule has 0 aromatic heterocycles. The third-order valence-corrected chi connectivity index (χ3v) is 6.07. The fourth-order valence-electron chi connectivity index (χ4n) is 2.89. The zero-order chi connectivity index (χ0) is 22.5. The van der Waals surface area contributed by atoms with E-state index in [-0.39, 0.29) is 18.2 Å². The first-order chi connectivity index (χ1) is 14.8. The third kappa shape index (κ3) is 5.26. The summed E-state index contributed by atoms with van der Waals surface area (Å²) in [6.07, 6.45) is 1.78. The second-order valence-corrected chi connectivity index (χ2v) is 8.32. The number of hydrogen-bond acceptors (Lipinski definition) is 7. The van der Waals surface area contributed by atoms with Crippen LogP contribution in [-0.2, 0) is 11.4 Å². The predicted octanol–water partition coefficient (Wildman–Crippen LogP) is 4.87. The minimum Gasteiger partial charge on any atom is -0.490 e. The molecule has 10 heteroatoms. The molecule has 0 aliphatic carbocycles. The Hall–Kier alpha value is -2.85. The molecule has 2 aromatic carbocycles. The molecule has 3 rings (SSSR count). The number of hydrogen-bond donors (Lipinski definition) is 0. The van der Waals surface area contributed by atoms with Gasteiger partial charge in [-0.05, 0) is 64.0 Å². The van der Waals surface area contributed by atoms with Crippen LogP contribution in [0, 0.1) is 10.1 Å². The van der Waals surface area contributed by atoms with Crippen LogP contribution in [0.5, 0.6) is 11.5 Å². The number of halogens is 1. The molecule has 1 aliphatic heterocycles. The monoisotopic (exact) mass is 505 g/mol. The Bertz CT molecular complexity index is 1090. The number of nitrogens with zero attached hydrogens (tertiary/aromatic N) is 3. The van der Waals surface area contributed by atoms with Crippen LogP contribution in [-0.4, -0.2) is 41.6 Å². The SMILES string of the molecule is CCOc1cc(/C=C2/SC(=NC)N(C)C2=O)cc(Br)c1OCc1cccc([N+](=O)[O-])c1. The number of non-ortho nitro benzene ring substituents is 1. The lowest BCUT2D eigenvalue weighted by molar-refractivity contribution is -0.384.